The van der Waals surface area contributed by atoms with E-state index in [-0.39, 0.29) is 0 Å². The van der Waals surface area contributed by atoms with Crippen molar-refractivity contribution in [1.29, 1.82) is 0 Å². The fourth-order valence-electron chi connectivity index (χ4n) is 3.96. The summed E-state index contributed by atoms with van der Waals surface area (Å²) in [6, 6.07) is 27.2. The molecule has 5 N–H and O–H groups in total. The van der Waals surface area contributed by atoms with Gasteiger partial charge in [0.2, 0.25) is 16.7 Å². The largest absolute Gasteiger partial charge is 0.398 e. The molecule has 0 saturated heterocycles. The van der Waals surface area contributed by atoms with E-state index in [1.54, 1.807) is 0 Å². The molecule has 0 aliphatic carbocycles. The molecule has 0 spiro atoms. The second-order valence-corrected chi connectivity index (χ2v) is 9.47. The lowest BCUT2D eigenvalue weighted by molar-refractivity contribution is -0.538. The molecule has 4 aromatic carbocycles. The van der Waals surface area contributed by atoms with Crippen molar-refractivity contribution in [2.75, 3.05) is 11.1 Å². The minimum absolute atomic E-state index is 0.768. The Kier molecular flexibility index (Phi) is 6.89. The number of aromatic nitrogens is 2. The molecular formula is C27H27N4O4S+. The monoisotopic (exact) mass is 503 g/mol. The number of para-hydroxylation sites is 1. The van der Waals surface area contributed by atoms with Crippen molar-refractivity contribution < 1.29 is 22.1 Å². The molecule has 0 unspecified atom stereocenters. The first kappa shape index (κ1) is 25.1. The molecule has 0 atom stereocenters. The molecule has 0 radical (unpaired) electrons. The zero-order valence-electron chi connectivity index (χ0n) is 20.1. The molecule has 184 valence electrons. The van der Waals surface area contributed by atoms with Crippen molar-refractivity contribution in [2.45, 2.75) is 20.8 Å². The van der Waals surface area contributed by atoms with Crippen molar-refractivity contribution in [2.24, 2.45) is 0 Å². The van der Waals surface area contributed by atoms with Crippen LogP contribution in [0.25, 0.3) is 27.8 Å². The minimum Gasteiger partial charge on any atom is -0.398 e. The lowest BCUT2D eigenvalue weighted by Gasteiger charge is -2.12. The van der Waals surface area contributed by atoms with Crippen LogP contribution in [-0.4, -0.2) is 22.5 Å². The number of fused-ring (bicyclic) bond motifs is 2. The van der Waals surface area contributed by atoms with E-state index < -0.39 is 10.4 Å². The van der Waals surface area contributed by atoms with E-state index in [0.717, 1.165) is 55.9 Å². The first-order chi connectivity index (χ1) is 17.0. The molecule has 8 nitrogen and oxygen atoms in total. The highest BCUT2D eigenvalue weighted by Gasteiger charge is 2.22. The fourth-order valence-corrected chi connectivity index (χ4v) is 3.96. The van der Waals surface area contributed by atoms with Crippen LogP contribution in [0.15, 0.2) is 78.9 Å². The van der Waals surface area contributed by atoms with Crippen LogP contribution < -0.4 is 15.6 Å². The number of aryl methyl sites for hydroxylation is 3. The maximum Gasteiger partial charge on any atom is 0.394 e. The molecule has 0 amide bonds. The summed E-state index contributed by atoms with van der Waals surface area (Å²) in [5.74, 6) is 0. The van der Waals surface area contributed by atoms with Gasteiger partial charge in [0.25, 0.3) is 0 Å². The van der Waals surface area contributed by atoms with E-state index in [1.807, 2.05) is 31.2 Å². The molecule has 5 rings (SSSR count). The van der Waals surface area contributed by atoms with Gasteiger partial charge in [0.05, 0.1) is 0 Å². The average molecular weight is 504 g/mol. The van der Waals surface area contributed by atoms with Crippen LogP contribution in [0.1, 0.15) is 16.7 Å². The molecule has 5 aromatic rings. The number of nitrogens with two attached hydrogens (primary N) is 1. The maximum atomic E-state index is 8.74. The Morgan fingerprint density at radius 3 is 1.97 bits per heavy atom. The van der Waals surface area contributed by atoms with Gasteiger partial charge in [-0.1, -0.05) is 35.9 Å². The molecule has 0 aliphatic rings. The first-order valence-electron chi connectivity index (χ1n) is 11.1. The van der Waals surface area contributed by atoms with Gasteiger partial charge in [-0.05, 0) is 56.2 Å². The third kappa shape index (κ3) is 5.77. The topological polar surface area (TPSA) is 129 Å². The van der Waals surface area contributed by atoms with E-state index in [9.17, 15) is 0 Å². The van der Waals surface area contributed by atoms with Crippen LogP contribution >= 0.6 is 0 Å². The molecule has 1 aromatic heterocycles. The number of nitrogens with one attached hydrogen (secondary N) is 1. The first-order valence-corrected chi connectivity index (χ1v) is 12.5. The number of anilines is 3. The standard InChI is InChI=1S/C27H24N4.H2O4S/c1-17-9-11-21(12-10-17)31-26-15-22(28)18(2)13-24(26)30-25-14-19(3)23(16-27(25)31)29-20-7-5-4-6-8-20;1-5(2,3)4/h4-16H,1-3H3,(H2,28,29);(H2,1,2,3,4)/p+1. The van der Waals surface area contributed by atoms with Crippen LogP contribution in [-0.2, 0) is 10.4 Å². The van der Waals surface area contributed by atoms with Crippen molar-refractivity contribution in [1.82, 2.24) is 4.98 Å². The van der Waals surface area contributed by atoms with E-state index in [1.165, 1.54) is 5.56 Å². The smallest absolute Gasteiger partial charge is 0.394 e. The molecule has 0 bridgehead atoms. The Morgan fingerprint density at radius 1 is 0.806 bits per heavy atom. The molecule has 0 aliphatic heterocycles. The van der Waals surface area contributed by atoms with Gasteiger partial charge in [-0.3, -0.25) is 9.11 Å². The van der Waals surface area contributed by atoms with E-state index in [4.69, 9.17) is 28.2 Å². The van der Waals surface area contributed by atoms with Crippen molar-refractivity contribution >= 4 is 49.5 Å². The Hall–Kier alpha value is -4.05. The van der Waals surface area contributed by atoms with Crippen LogP contribution in [0.3, 0.4) is 0 Å². The molecule has 36 heavy (non-hydrogen) atoms. The average Bonchev–Trinajstić information content (AvgIpc) is 2.80. The Labute approximate surface area is 209 Å². The number of rotatable bonds is 3. The van der Waals surface area contributed by atoms with Crippen molar-refractivity contribution in [3.63, 3.8) is 0 Å². The predicted molar refractivity (Wildman–Crippen MR) is 143 cm³/mol. The van der Waals surface area contributed by atoms with E-state index in [0.29, 0.717) is 0 Å². The summed E-state index contributed by atoms with van der Waals surface area (Å²) >= 11 is 0. The zero-order valence-corrected chi connectivity index (χ0v) is 20.9. The fraction of sp³-hybridized carbons (Fsp3) is 0.111. The van der Waals surface area contributed by atoms with Gasteiger partial charge in [0, 0.05) is 41.3 Å². The van der Waals surface area contributed by atoms with Gasteiger partial charge >= 0.3 is 10.4 Å². The summed E-state index contributed by atoms with van der Waals surface area (Å²) in [5.41, 5.74) is 17.6. The zero-order chi connectivity index (χ0) is 26.0. The van der Waals surface area contributed by atoms with Crippen LogP contribution in [0.4, 0.5) is 17.1 Å². The Morgan fingerprint density at radius 2 is 1.36 bits per heavy atom. The summed E-state index contributed by atoms with van der Waals surface area (Å²) < 4.78 is 33.8. The quantitative estimate of drug-likeness (QED) is 0.114. The SMILES string of the molecule is Cc1ccc(-[n+]2c3cc(N)c(C)cc3nc3cc(C)c(Nc4ccccc4)cc32)cc1.O=S(=O)(O)O. The highest BCUT2D eigenvalue weighted by molar-refractivity contribution is 7.79. The number of nitrogens with zero attached hydrogens (tertiary/aromatic N) is 2. The highest BCUT2D eigenvalue weighted by atomic mass is 32.3. The number of hydrogen-bond donors (Lipinski definition) is 4. The normalized spacial score (nSPS) is 11.2. The Bertz CT molecular complexity index is 1660. The van der Waals surface area contributed by atoms with Gasteiger partial charge < -0.3 is 11.1 Å². The highest BCUT2D eigenvalue weighted by Crippen LogP contribution is 2.28. The second-order valence-electron chi connectivity index (χ2n) is 8.57. The molecule has 0 fully saturated rings. The summed E-state index contributed by atoms with van der Waals surface area (Å²) in [5, 5.41) is 3.55. The summed E-state index contributed by atoms with van der Waals surface area (Å²) in [4.78, 5) is 4.99. The van der Waals surface area contributed by atoms with Gasteiger partial charge in [0.1, 0.15) is 11.0 Å². The number of hydrogen-bond acceptors (Lipinski definition) is 5. The summed E-state index contributed by atoms with van der Waals surface area (Å²) in [6.45, 7) is 6.24. The molecular weight excluding hydrogens is 476 g/mol. The number of nitrogen functional groups attached to an aromatic ring is 1. The molecule has 1 heterocycles. The summed E-state index contributed by atoms with van der Waals surface area (Å²) in [6.07, 6.45) is 0. The van der Waals surface area contributed by atoms with Crippen LogP contribution in [0.2, 0.25) is 0 Å². The lowest BCUT2D eigenvalue weighted by Crippen LogP contribution is -2.33. The maximum absolute atomic E-state index is 8.74. The lowest BCUT2D eigenvalue weighted by atomic mass is 10.1. The third-order valence-corrected chi connectivity index (χ3v) is 5.75. The predicted octanol–water partition coefficient (Wildman–Crippen LogP) is 5.26. The van der Waals surface area contributed by atoms with Gasteiger partial charge in [0.15, 0.2) is 0 Å². The van der Waals surface area contributed by atoms with Crippen molar-refractivity contribution in [3.05, 3.63) is 95.6 Å². The third-order valence-electron chi connectivity index (χ3n) is 5.75. The van der Waals surface area contributed by atoms with E-state index >= 15 is 0 Å². The minimum atomic E-state index is -4.67. The van der Waals surface area contributed by atoms with Crippen molar-refractivity contribution in [3.8, 4) is 5.69 Å². The molecule has 0 saturated carbocycles. The van der Waals surface area contributed by atoms with E-state index in [2.05, 4.69) is 78.3 Å². The van der Waals surface area contributed by atoms with Gasteiger partial charge in [-0.2, -0.15) is 8.42 Å². The van der Waals surface area contributed by atoms with Gasteiger partial charge in [-0.15, -0.1) is 4.57 Å². The van der Waals surface area contributed by atoms with Gasteiger partial charge in [-0.25, -0.2) is 4.98 Å². The van der Waals surface area contributed by atoms with Crippen LogP contribution in [0, 0.1) is 20.8 Å². The van der Waals surface area contributed by atoms with Crippen LogP contribution in [0.5, 0.6) is 0 Å². The molecule has 9 heteroatoms. The summed E-state index contributed by atoms with van der Waals surface area (Å²) in [7, 11) is -4.67. The Balaban J connectivity index is 0.000000556. The number of benzene rings is 4. The second kappa shape index (κ2) is 9.90.